The van der Waals surface area contributed by atoms with Gasteiger partial charge < -0.3 is 9.67 Å². The van der Waals surface area contributed by atoms with E-state index in [0.717, 1.165) is 18.7 Å². The molecular weight excluding hydrogens is 212 g/mol. The van der Waals surface area contributed by atoms with E-state index in [0.29, 0.717) is 11.8 Å². The van der Waals surface area contributed by atoms with Gasteiger partial charge >= 0.3 is 0 Å². The lowest BCUT2D eigenvalue weighted by atomic mass is 9.81. The van der Waals surface area contributed by atoms with Gasteiger partial charge in [-0.05, 0) is 38.5 Å². The fraction of sp³-hybridized carbons (Fsp3) is 0.786. The molecule has 1 N–H and O–H groups in total. The molecule has 3 heteroatoms. The Bertz CT molecular complexity index is 376. The highest BCUT2D eigenvalue weighted by atomic mass is 16.3. The average molecular weight is 236 g/mol. The van der Waals surface area contributed by atoms with Crippen LogP contribution >= 0.6 is 0 Å². The van der Waals surface area contributed by atoms with Crippen LogP contribution in [0.1, 0.15) is 52.4 Å². The Kier molecular flexibility index (Phi) is 3.30. The number of aromatic nitrogens is 2. The maximum absolute atomic E-state index is 10.3. The maximum atomic E-state index is 10.3. The van der Waals surface area contributed by atoms with Crippen molar-refractivity contribution in [1.29, 1.82) is 0 Å². The molecule has 1 aliphatic rings. The van der Waals surface area contributed by atoms with E-state index in [2.05, 4.69) is 23.4 Å². The Morgan fingerprint density at radius 3 is 2.82 bits per heavy atom. The second kappa shape index (κ2) is 4.45. The average Bonchev–Trinajstić information content (AvgIpc) is 2.61. The van der Waals surface area contributed by atoms with Gasteiger partial charge in [-0.25, -0.2) is 4.98 Å². The molecule has 0 bridgehead atoms. The number of hydrogen-bond acceptors (Lipinski definition) is 2. The van der Waals surface area contributed by atoms with Gasteiger partial charge in [0.1, 0.15) is 5.82 Å². The van der Waals surface area contributed by atoms with Crippen LogP contribution in [0.25, 0.3) is 0 Å². The lowest BCUT2D eigenvalue weighted by molar-refractivity contribution is 0.00300. The molecule has 0 saturated heterocycles. The van der Waals surface area contributed by atoms with Crippen LogP contribution in [0.3, 0.4) is 0 Å². The molecule has 2 unspecified atom stereocenters. The van der Waals surface area contributed by atoms with Gasteiger partial charge in [-0.15, -0.1) is 0 Å². The molecule has 2 atom stereocenters. The summed E-state index contributed by atoms with van der Waals surface area (Å²) in [5, 5.41) is 10.3. The SMILES string of the molecule is CC(C)CC1Cc2nccn2C(C(C)(C)O)C1. The molecule has 1 aromatic heterocycles. The van der Waals surface area contributed by atoms with Crippen LogP contribution < -0.4 is 0 Å². The highest BCUT2D eigenvalue weighted by molar-refractivity contribution is 5.04. The van der Waals surface area contributed by atoms with E-state index in [1.165, 1.54) is 6.42 Å². The van der Waals surface area contributed by atoms with Gasteiger partial charge in [-0.3, -0.25) is 0 Å². The number of aliphatic hydroxyl groups is 1. The highest BCUT2D eigenvalue weighted by Gasteiger charge is 2.36. The first-order valence-corrected chi connectivity index (χ1v) is 6.62. The predicted octanol–water partition coefficient (Wildman–Crippen LogP) is 2.80. The van der Waals surface area contributed by atoms with Crippen molar-refractivity contribution < 1.29 is 5.11 Å². The second-order valence-electron chi connectivity index (χ2n) is 6.36. The lowest BCUT2D eigenvalue weighted by Gasteiger charge is -2.38. The van der Waals surface area contributed by atoms with Gasteiger partial charge in [-0.1, -0.05) is 13.8 Å². The van der Waals surface area contributed by atoms with Crippen LogP contribution in [0, 0.1) is 11.8 Å². The molecule has 3 nitrogen and oxygen atoms in total. The minimum atomic E-state index is -0.675. The van der Waals surface area contributed by atoms with Gasteiger partial charge in [0.2, 0.25) is 0 Å². The first-order valence-electron chi connectivity index (χ1n) is 6.62. The van der Waals surface area contributed by atoms with Crippen molar-refractivity contribution in [3.8, 4) is 0 Å². The molecule has 2 rings (SSSR count). The van der Waals surface area contributed by atoms with Gasteiger partial charge in [0.25, 0.3) is 0 Å². The zero-order valence-corrected chi connectivity index (χ0v) is 11.3. The van der Waals surface area contributed by atoms with E-state index in [-0.39, 0.29) is 6.04 Å². The summed E-state index contributed by atoms with van der Waals surface area (Å²) in [5.74, 6) is 2.50. The Morgan fingerprint density at radius 1 is 1.53 bits per heavy atom. The summed E-state index contributed by atoms with van der Waals surface area (Å²) >= 11 is 0. The molecule has 96 valence electrons. The minimum absolute atomic E-state index is 0.164. The van der Waals surface area contributed by atoms with Crippen LogP contribution in [-0.4, -0.2) is 20.3 Å². The molecule has 0 radical (unpaired) electrons. The van der Waals surface area contributed by atoms with Crippen molar-refractivity contribution in [2.45, 2.75) is 58.6 Å². The van der Waals surface area contributed by atoms with E-state index in [1.807, 2.05) is 26.2 Å². The number of rotatable bonds is 3. The smallest absolute Gasteiger partial charge is 0.109 e. The Hall–Kier alpha value is -0.830. The summed E-state index contributed by atoms with van der Waals surface area (Å²) in [4.78, 5) is 4.43. The Labute approximate surface area is 104 Å². The fourth-order valence-electron chi connectivity index (χ4n) is 3.03. The van der Waals surface area contributed by atoms with Crippen molar-refractivity contribution in [3.05, 3.63) is 18.2 Å². The predicted molar refractivity (Wildman–Crippen MR) is 68.8 cm³/mol. The third-order valence-electron chi connectivity index (χ3n) is 3.73. The summed E-state index contributed by atoms with van der Waals surface area (Å²) in [7, 11) is 0. The lowest BCUT2D eigenvalue weighted by Crippen LogP contribution is -2.39. The molecule has 0 spiro atoms. The third kappa shape index (κ3) is 2.71. The van der Waals surface area contributed by atoms with Crippen molar-refractivity contribution in [2.75, 3.05) is 0 Å². The summed E-state index contributed by atoms with van der Waals surface area (Å²) in [6, 6.07) is 0.164. The molecule has 2 heterocycles. The molecule has 0 fully saturated rings. The van der Waals surface area contributed by atoms with Crippen LogP contribution in [0.2, 0.25) is 0 Å². The fourth-order valence-corrected chi connectivity index (χ4v) is 3.03. The van der Waals surface area contributed by atoms with E-state index in [4.69, 9.17) is 0 Å². The quantitative estimate of drug-likeness (QED) is 0.876. The van der Waals surface area contributed by atoms with Gasteiger partial charge in [0.05, 0.1) is 11.6 Å². The zero-order valence-electron chi connectivity index (χ0n) is 11.3. The summed E-state index contributed by atoms with van der Waals surface area (Å²) in [6.07, 6.45) is 7.19. The van der Waals surface area contributed by atoms with E-state index in [1.54, 1.807) is 0 Å². The molecule has 17 heavy (non-hydrogen) atoms. The summed E-state index contributed by atoms with van der Waals surface area (Å²) in [6.45, 7) is 8.33. The number of nitrogens with zero attached hydrogens (tertiary/aromatic N) is 2. The monoisotopic (exact) mass is 236 g/mol. The van der Waals surface area contributed by atoms with Gasteiger partial charge in [0.15, 0.2) is 0 Å². The molecule has 0 aromatic carbocycles. The first-order chi connectivity index (χ1) is 7.88. The Morgan fingerprint density at radius 2 is 2.24 bits per heavy atom. The zero-order chi connectivity index (χ0) is 12.6. The molecule has 0 aliphatic carbocycles. The minimum Gasteiger partial charge on any atom is -0.388 e. The van der Waals surface area contributed by atoms with Crippen molar-refractivity contribution in [1.82, 2.24) is 9.55 Å². The van der Waals surface area contributed by atoms with E-state index >= 15 is 0 Å². The molecule has 1 aromatic rings. The Balaban J connectivity index is 2.23. The van der Waals surface area contributed by atoms with Gasteiger partial charge in [0, 0.05) is 18.8 Å². The number of hydrogen-bond donors (Lipinski definition) is 1. The first kappa shape index (κ1) is 12.6. The number of imidazole rings is 1. The van der Waals surface area contributed by atoms with Crippen LogP contribution in [0.15, 0.2) is 12.4 Å². The molecule has 0 saturated carbocycles. The normalized spacial score (nSPS) is 25.1. The summed E-state index contributed by atoms with van der Waals surface area (Å²) in [5.41, 5.74) is -0.675. The highest BCUT2D eigenvalue weighted by Crippen LogP contribution is 2.37. The molecule has 1 aliphatic heterocycles. The van der Waals surface area contributed by atoms with Crippen LogP contribution in [0.4, 0.5) is 0 Å². The summed E-state index contributed by atoms with van der Waals surface area (Å²) < 4.78 is 2.16. The third-order valence-corrected chi connectivity index (χ3v) is 3.73. The second-order valence-corrected chi connectivity index (χ2v) is 6.36. The maximum Gasteiger partial charge on any atom is 0.109 e. The van der Waals surface area contributed by atoms with E-state index in [9.17, 15) is 5.11 Å². The molecule has 0 amide bonds. The molecular formula is C14H24N2O. The van der Waals surface area contributed by atoms with Crippen molar-refractivity contribution in [3.63, 3.8) is 0 Å². The largest absolute Gasteiger partial charge is 0.388 e. The number of fused-ring (bicyclic) bond motifs is 1. The van der Waals surface area contributed by atoms with Crippen LogP contribution in [-0.2, 0) is 6.42 Å². The topological polar surface area (TPSA) is 38.0 Å². The van der Waals surface area contributed by atoms with E-state index < -0.39 is 5.60 Å². The van der Waals surface area contributed by atoms with Crippen LogP contribution in [0.5, 0.6) is 0 Å². The van der Waals surface area contributed by atoms with Crippen molar-refractivity contribution in [2.24, 2.45) is 11.8 Å². The standard InChI is InChI=1S/C14H24N2O/c1-10(2)7-11-8-12(14(3,4)17)16-6-5-15-13(16)9-11/h5-6,10-12,17H,7-9H2,1-4H3. The van der Waals surface area contributed by atoms with Gasteiger partial charge in [-0.2, -0.15) is 0 Å². The van der Waals surface area contributed by atoms with Crippen molar-refractivity contribution >= 4 is 0 Å².